The first kappa shape index (κ1) is 16.8. The van der Waals surface area contributed by atoms with Crippen LogP contribution < -0.4 is 19.5 Å². The molecule has 1 heterocycles. The van der Waals surface area contributed by atoms with Gasteiger partial charge < -0.3 is 19.5 Å². The molecular weight excluding hydrogens is 330 g/mol. The molecule has 0 saturated heterocycles. The van der Waals surface area contributed by atoms with Crippen molar-refractivity contribution in [1.29, 1.82) is 0 Å². The molecule has 7 heteroatoms. The SMILES string of the molecule is COc1cc(Nc2ccnc3c(F)cc(F)cc23)cc(OC)c1OC. The van der Waals surface area contributed by atoms with Gasteiger partial charge in [0.1, 0.15) is 11.3 Å². The molecule has 130 valence electrons. The third-order valence-electron chi connectivity index (χ3n) is 3.71. The van der Waals surface area contributed by atoms with Crippen LogP contribution in [0.3, 0.4) is 0 Å². The summed E-state index contributed by atoms with van der Waals surface area (Å²) in [5.41, 5.74) is 1.18. The normalized spacial score (nSPS) is 10.6. The van der Waals surface area contributed by atoms with Crippen molar-refractivity contribution >= 4 is 22.3 Å². The Kier molecular flexibility index (Phi) is 4.56. The monoisotopic (exact) mass is 346 g/mol. The van der Waals surface area contributed by atoms with Gasteiger partial charge in [-0.1, -0.05) is 0 Å². The molecule has 0 spiro atoms. The first-order valence-electron chi connectivity index (χ1n) is 7.38. The van der Waals surface area contributed by atoms with Crippen molar-refractivity contribution in [3.63, 3.8) is 0 Å². The fraction of sp³-hybridized carbons (Fsp3) is 0.167. The minimum atomic E-state index is -0.719. The lowest BCUT2D eigenvalue weighted by Crippen LogP contribution is -1.99. The molecule has 0 amide bonds. The van der Waals surface area contributed by atoms with Crippen molar-refractivity contribution in [2.24, 2.45) is 0 Å². The lowest BCUT2D eigenvalue weighted by Gasteiger charge is -2.16. The van der Waals surface area contributed by atoms with Crippen molar-refractivity contribution in [3.8, 4) is 17.2 Å². The van der Waals surface area contributed by atoms with Gasteiger partial charge in [-0.05, 0) is 12.1 Å². The Morgan fingerprint density at radius 2 is 1.60 bits per heavy atom. The molecule has 25 heavy (non-hydrogen) atoms. The summed E-state index contributed by atoms with van der Waals surface area (Å²) in [6.07, 6.45) is 1.45. The zero-order valence-corrected chi connectivity index (χ0v) is 13.9. The minimum absolute atomic E-state index is 0.0823. The smallest absolute Gasteiger partial charge is 0.203 e. The van der Waals surface area contributed by atoms with Gasteiger partial charge >= 0.3 is 0 Å². The van der Waals surface area contributed by atoms with Crippen LogP contribution in [0.25, 0.3) is 10.9 Å². The molecule has 1 aromatic heterocycles. The van der Waals surface area contributed by atoms with E-state index in [-0.39, 0.29) is 5.52 Å². The molecule has 0 aliphatic carbocycles. The van der Waals surface area contributed by atoms with Gasteiger partial charge in [-0.25, -0.2) is 8.78 Å². The highest BCUT2D eigenvalue weighted by Gasteiger charge is 2.15. The number of fused-ring (bicyclic) bond motifs is 1. The Hall–Kier alpha value is -3.09. The van der Waals surface area contributed by atoms with Crippen molar-refractivity contribution < 1.29 is 23.0 Å². The van der Waals surface area contributed by atoms with Crippen LogP contribution in [-0.2, 0) is 0 Å². The lowest BCUT2D eigenvalue weighted by atomic mass is 10.1. The van der Waals surface area contributed by atoms with Crippen LogP contribution in [0, 0.1) is 11.6 Å². The number of nitrogens with one attached hydrogen (secondary N) is 1. The maximum Gasteiger partial charge on any atom is 0.203 e. The number of pyridine rings is 1. The van der Waals surface area contributed by atoms with Crippen molar-refractivity contribution in [3.05, 3.63) is 48.2 Å². The predicted molar refractivity (Wildman–Crippen MR) is 91.0 cm³/mol. The number of ether oxygens (including phenoxy) is 3. The van der Waals surface area contributed by atoms with Crippen molar-refractivity contribution in [1.82, 2.24) is 4.98 Å². The summed E-state index contributed by atoms with van der Waals surface area (Å²) in [4.78, 5) is 3.97. The van der Waals surface area contributed by atoms with Crippen molar-refractivity contribution in [2.75, 3.05) is 26.6 Å². The summed E-state index contributed by atoms with van der Waals surface area (Å²) in [6.45, 7) is 0. The average molecular weight is 346 g/mol. The molecular formula is C18H16F2N2O3. The Bertz CT molecular complexity index is 907. The van der Waals surface area contributed by atoms with E-state index in [1.165, 1.54) is 33.6 Å². The second-order valence-electron chi connectivity index (χ2n) is 5.18. The van der Waals surface area contributed by atoms with E-state index in [1.54, 1.807) is 18.2 Å². The molecule has 0 unspecified atom stereocenters. The third kappa shape index (κ3) is 3.13. The second-order valence-corrected chi connectivity index (χ2v) is 5.18. The zero-order valence-electron chi connectivity index (χ0n) is 13.9. The van der Waals surface area contributed by atoms with Gasteiger partial charge in [0, 0.05) is 41.2 Å². The van der Waals surface area contributed by atoms with Gasteiger partial charge in [-0.15, -0.1) is 0 Å². The van der Waals surface area contributed by atoms with E-state index in [0.29, 0.717) is 34.0 Å². The molecule has 3 rings (SSSR count). The first-order valence-corrected chi connectivity index (χ1v) is 7.38. The standard InChI is InChI=1S/C18H16F2N2O3/c1-23-15-8-11(9-16(24-2)18(15)25-3)22-14-4-5-21-17-12(14)6-10(19)7-13(17)20/h4-9H,1-3H3,(H,21,22). The number of anilines is 2. The molecule has 0 fully saturated rings. The lowest BCUT2D eigenvalue weighted by molar-refractivity contribution is 0.324. The van der Waals surface area contributed by atoms with Gasteiger partial charge in [0.2, 0.25) is 5.75 Å². The average Bonchev–Trinajstić information content (AvgIpc) is 2.61. The summed E-state index contributed by atoms with van der Waals surface area (Å²) in [6, 6.07) is 7.06. The number of nitrogens with zero attached hydrogens (tertiary/aromatic N) is 1. The van der Waals surface area contributed by atoms with E-state index in [2.05, 4.69) is 10.3 Å². The Balaban J connectivity index is 2.10. The number of methoxy groups -OCH3 is 3. The van der Waals surface area contributed by atoms with E-state index in [4.69, 9.17) is 14.2 Å². The van der Waals surface area contributed by atoms with Gasteiger partial charge in [-0.3, -0.25) is 4.98 Å². The molecule has 3 aromatic rings. The summed E-state index contributed by atoms with van der Waals surface area (Å²) in [7, 11) is 4.52. The van der Waals surface area contributed by atoms with Crippen molar-refractivity contribution in [2.45, 2.75) is 0 Å². The summed E-state index contributed by atoms with van der Waals surface area (Å²) in [5, 5.41) is 3.44. The molecule has 2 aromatic carbocycles. The molecule has 0 bridgehead atoms. The van der Waals surface area contributed by atoms with Gasteiger partial charge in [-0.2, -0.15) is 0 Å². The number of halogens is 2. The second kappa shape index (κ2) is 6.80. The predicted octanol–water partition coefficient (Wildman–Crippen LogP) is 4.28. The van der Waals surface area contributed by atoms with Crippen LogP contribution in [0.5, 0.6) is 17.2 Å². The van der Waals surface area contributed by atoms with Crippen LogP contribution in [0.15, 0.2) is 36.5 Å². The van der Waals surface area contributed by atoms with Crippen LogP contribution >= 0.6 is 0 Å². The molecule has 0 saturated carbocycles. The van der Waals surface area contributed by atoms with Gasteiger partial charge in [0.25, 0.3) is 0 Å². The number of rotatable bonds is 5. The molecule has 0 aliphatic rings. The number of hydrogen-bond donors (Lipinski definition) is 1. The molecule has 0 aliphatic heterocycles. The maximum atomic E-state index is 13.9. The fourth-order valence-electron chi connectivity index (χ4n) is 2.60. The van der Waals surface area contributed by atoms with Gasteiger partial charge in [0.15, 0.2) is 17.3 Å². The topological polar surface area (TPSA) is 52.6 Å². The Labute approximate surface area is 143 Å². The molecule has 0 atom stereocenters. The molecule has 0 radical (unpaired) electrons. The third-order valence-corrected chi connectivity index (χ3v) is 3.71. The zero-order chi connectivity index (χ0) is 18.0. The van der Waals surface area contributed by atoms with Crippen LogP contribution in [0.4, 0.5) is 20.2 Å². The van der Waals surface area contributed by atoms with Crippen LogP contribution in [0.2, 0.25) is 0 Å². The molecule has 5 nitrogen and oxygen atoms in total. The van der Waals surface area contributed by atoms with E-state index in [0.717, 1.165) is 6.07 Å². The highest BCUT2D eigenvalue weighted by molar-refractivity contribution is 5.93. The van der Waals surface area contributed by atoms with Crippen LogP contribution in [0.1, 0.15) is 0 Å². The molecule has 1 N–H and O–H groups in total. The van der Waals surface area contributed by atoms with Gasteiger partial charge in [0.05, 0.1) is 21.3 Å². The van der Waals surface area contributed by atoms with Crippen LogP contribution in [-0.4, -0.2) is 26.3 Å². The maximum absolute atomic E-state index is 13.9. The quantitative estimate of drug-likeness (QED) is 0.747. The first-order chi connectivity index (χ1) is 12.1. The number of hydrogen-bond acceptors (Lipinski definition) is 5. The highest BCUT2D eigenvalue weighted by atomic mass is 19.1. The Morgan fingerprint density at radius 3 is 2.20 bits per heavy atom. The van der Waals surface area contributed by atoms with E-state index >= 15 is 0 Å². The van der Waals surface area contributed by atoms with E-state index < -0.39 is 11.6 Å². The largest absolute Gasteiger partial charge is 0.493 e. The minimum Gasteiger partial charge on any atom is -0.493 e. The number of benzene rings is 2. The summed E-state index contributed by atoms with van der Waals surface area (Å²) < 4.78 is 43.4. The highest BCUT2D eigenvalue weighted by Crippen LogP contribution is 2.41. The van der Waals surface area contributed by atoms with E-state index in [1.807, 2.05) is 0 Å². The van der Waals surface area contributed by atoms with E-state index in [9.17, 15) is 8.78 Å². The summed E-state index contributed by atoms with van der Waals surface area (Å²) in [5.74, 6) is -0.0261. The Morgan fingerprint density at radius 1 is 0.920 bits per heavy atom. The summed E-state index contributed by atoms with van der Waals surface area (Å²) >= 11 is 0. The fourth-order valence-corrected chi connectivity index (χ4v) is 2.60. The number of aromatic nitrogens is 1.